The van der Waals surface area contributed by atoms with Crippen LogP contribution < -0.4 is 0 Å². The third-order valence-corrected chi connectivity index (χ3v) is 14.9. The van der Waals surface area contributed by atoms with E-state index in [0.717, 1.165) is 0 Å². The first kappa shape index (κ1) is 37.8. The second-order valence-electron chi connectivity index (χ2n) is 18.2. The van der Waals surface area contributed by atoms with E-state index >= 15 is 0 Å². The van der Waals surface area contributed by atoms with Crippen LogP contribution in [0.15, 0.2) is 255 Å². The van der Waals surface area contributed by atoms with Crippen molar-refractivity contribution in [1.29, 1.82) is 0 Å². The molecule has 0 saturated carbocycles. The van der Waals surface area contributed by atoms with E-state index in [1.165, 1.54) is 131 Å². The van der Waals surface area contributed by atoms with Gasteiger partial charge in [-0.2, -0.15) is 0 Å². The zero-order chi connectivity index (χ0) is 44.1. The lowest BCUT2D eigenvalue weighted by Gasteiger charge is -2.35. The molecule has 0 bridgehead atoms. The lowest BCUT2D eigenvalue weighted by atomic mass is 9.66. The Balaban J connectivity index is 1.03. The molecule has 67 heavy (non-hydrogen) atoms. The van der Waals surface area contributed by atoms with Gasteiger partial charge in [0.15, 0.2) is 0 Å². The third-order valence-electron chi connectivity index (χ3n) is 14.9. The second kappa shape index (κ2) is 14.7. The van der Waals surface area contributed by atoms with Crippen molar-refractivity contribution >= 4 is 64.6 Å². The third kappa shape index (κ3) is 5.42. The highest BCUT2D eigenvalue weighted by molar-refractivity contribution is 6.24. The molecule has 1 aliphatic rings. The van der Waals surface area contributed by atoms with Gasteiger partial charge in [-0.15, -0.1) is 0 Å². The summed E-state index contributed by atoms with van der Waals surface area (Å²) in [6, 6.07) is 95.3. The van der Waals surface area contributed by atoms with E-state index in [-0.39, 0.29) is 0 Å². The molecule has 0 amide bonds. The molecule has 310 valence electrons. The van der Waals surface area contributed by atoms with Gasteiger partial charge in [-0.05, 0) is 144 Å². The van der Waals surface area contributed by atoms with Crippen LogP contribution in [0.25, 0.3) is 109 Å². The van der Waals surface area contributed by atoms with Crippen LogP contribution in [0.4, 0.5) is 0 Å². The van der Waals surface area contributed by atoms with Gasteiger partial charge in [0.05, 0.1) is 5.41 Å². The molecule has 14 rings (SSSR count). The summed E-state index contributed by atoms with van der Waals surface area (Å²) >= 11 is 0. The van der Waals surface area contributed by atoms with Gasteiger partial charge < -0.3 is 0 Å². The van der Waals surface area contributed by atoms with Crippen LogP contribution in [0.2, 0.25) is 0 Å². The number of rotatable bonds is 5. The fourth-order valence-corrected chi connectivity index (χ4v) is 12.2. The Labute approximate surface area is 389 Å². The van der Waals surface area contributed by atoms with Crippen LogP contribution in [0.3, 0.4) is 0 Å². The summed E-state index contributed by atoms with van der Waals surface area (Å²) in [5.41, 5.74) is 14.7. The predicted molar refractivity (Wildman–Crippen MR) is 285 cm³/mol. The smallest absolute Gasteiger partial charge is 0.0622 e. The minimum atomic E-state index is -0.597. The highest BCUT2D eigenvalue weighted by Crippen LogP contribution is 2.62. The molecule has 0 saturated heterocycles. The van der Waals surface area contributed by atoms with Crippen molar-refractivity contribution in [2.45, 2.75) is 5.41 Å². The van der Waals surface area contributed by atoms with Crippen molar-refractivity contribution in [2.24, 2.45) is 0 Å². The lowest BCUT2D eigenvalue weighted by molar-refractivity contribution is 0.777. The maximum atomic E-state index is 2.55. The molecule has 0 fully saturated rings. The molecule has 0 aliphatic heterocycles. The van der Waals surface area contributed by atoms with Gasteiger partial charge in [0.25, 0.3) is 0 Å². The fourth-order valence-electron chi connectivity index (χ4n) is 12.2. The summed E-state index contributed by atoms with van der Waals surface area (Å²) in [7, 11) is 0. The van der Waals surface area contributed by atoms with E-state index in [2.05, 4.69) is 255 Å². The first-order chi connectivity index (χ1) is 33.3. The van der Waals surface area contributed by atoms with Crippen LogP contribution in [-0.4, -0.2) is 0 Å². The maximum absolute atomic E-state index is 2.55. The van der Waals surface area contributed by atoms with E-state index in [0.29, 0.717) is 0 Å². The molecule has 0 N–H and O–H groups in total. The number of hydrogen-bond donors (Lipinski definition) is 0. The van der Waals surface area contributed by atoms with E-state index in [4.69, 9.17) is 0 Å². The van der Waals surface area contributed by atoms with Crippen molar-refractivity contribution < 1.29 is 0 Å². The van der Waals surface area contributed by atoms with Crippen LogP contribution >= 0.6 is 0 Å². The van der Waals surface area contributed by atoms with E-state index in [1.54, 1.807) is 0 Å². The predicted octanol–water partition coefficient (Wildman–Crippen LogP) is 18.0. The zero-order valence-electron chi connectivity index (χ0n) is 36.7. The molecule has 0 heterocycles. The zero-order valence-corrected chi connectivity index (χ0v) is 36.7. The van der Waals surface area contributed by atoms with Gasteiger partial charge in [0.2, 0.25) is 0 Å². The monoisotopic (exact) mass is 846 g/mol. The van der Waals surface area contributed by atoms with Gasteiger partial charge >= 0.3 is 0 Å². The molecule has 13 aromatic rings. The molecule has 13 aromatic carbocycles. The SMILES string of the molecule is c1ccc(C2(c3ccccc3)c3cc(-c4ccc(-c5c6ccccc6c(-c6ccc7ccccc7c6)c6ccccc56)cc4)c4ccccc4c3-c3c2c2ccccc2c2ccccc32)cc1. The summed E-state index contributed by atoms with van der Waals surface area (Å²) in [6.07, 6.45) is 0. The first-order valence-electron chi connectivity index (χ1n) is 23.4. The van der Waals surface area contributed by atoms with Crippen LogP contribution in [0.1, 0.15) is 22.3 Å². The average molecular weight is 847 g/mol. The number of benzene rings is 13. The van der Waals surface area contributed by atoms with Gasteiger partial charge in [-0.1, -0.05) is 243 Å². The molecule has 0 spiro atoms. The molecule has 0 aromatic heterocycles. The van der Waals surface area contributed by atoms with Crippen molar-refractivity contribution in [2.75, 3.05) is 0 Å². The fraction of sp³-hybridized carbons (Fsp3) is 0.0149. The lowest BCUT2D eigenvalue weighted by Crippen LogP contribution is -2.29. The van der Waals surface area contributed by atoms with Crippen molar-refractivity contribution in [3.63, 3.8) is 0 Å². The number of fused-ring (bicyclic) bond motifs is 13. The summed E-state index contributed by atoms with van der Waals surface area (Å²) in [6.45, 7) is 0. The maximum Gasteiger partial charge on any atom is 0.0720 e. The van der Waals surface area contributed by atoms with E-state index < -0.39 is 5.41 Å². The minimum Gasteiger partial charge on any atom is -0.0622 e. The van der Waals surface area contributed by atoms with Gasteiger partial charge in [-0.25, -0.2) is 0 Å². The van der Waals surface area contributed by atoms with Gasteiger partial charge in [0.1, 0.15) is 0 Å². The largest absolute Gasteiger partial charge is 0.0720 e. The highest BCUT2D eigenvalue weighted by atomic mass is 14.5. The molecule has 1 aliphatic carbocycles. The highest BCUT2D eigenvalue weighted by Gasteiger charge is 2.49. The molecular weight excluding hydrogens is 805 g/mol. The molecule has 0 radical (unpaired) electrons. The first-order valence-corrected chi connectivity index (χ1v) is 23.4. The Morgan fingerprint density at radius 1 is 0.224 bits per heavy atom. The average Bonchev–Trinajstić information content (AvgIpc) is 3.73. The van der Waals surface area contributed by atoms with E-state index in [1.807, 2.05) is 0 Å². The van der Waals surface area contributed by atoms with Crippen molar-refractivity contribution in [3.8, 4) is 44.5 Å². The standard InChI is InChI=1S/C67H42/c1-3-21-48(22-4-1)67(49-23-5-2-6-24-49)61-42-60(52-27-10-12-28-53(52)64(61)65-54-29-13-9-25-50(54)51-26-11-18-34-59(51)66(65)67)44-36-38-45(39-37-44)62-55-30-14-16-32-57(55)63(58-33-17-15-31-56(58)62)47-40-35-43-19-7-8-20-46(43)41-47/h1-42H. The minimum absolute atomic E-state index is 0.597. The van der Waals surface area contributed by atoms with Gasteiger partial charge in [0, 0.05) is 0 Å². The summed E-state index contributed by atoms with van der Waals surface area (Å²) in [5.74, 6) is 0. The Morgan fingerprint density at radius 2 is 0.612 bits per heavy atom. The normalized spacial score (nSPS) is 12.9. The van der Waals surface area contributed by atoms with Crippen LogP contribution in [0.5, 0.6) is 0 Å². The van der Waals surface area contributed by atoms with Crippen LogP contribution in [-0.2, 0) is 5.41 Å². The van der Waals surface area contributed by atoms with Crippen molar-refractivity contribution in [3.05, 3.63) is 277 Å². The van der Waals surface area contributed by atoms with Crippen molar-refractivity contribution in [1.82, 2.24) is 0 Å². The Bertz CT molecular complexity index is 4030. The summed E-state index contributed by atoms with van der Waals surface area (Å²) < 4.78 is 0. The Kier molecular flexibility index (Phi) is 8.30. The summed E-state index contributed by atoms with van der Waals surface area (Å²) in [4.78, 5) is 0. The van der Waals surface area contributed by atoms with E-state index in [9.17, 15) is 0 Å². The topological polar surface area (TPSA) is 0 Å². The molecular formula is C67H42. The Morgan fingerprint density at radius 3 is 1.18 bits per heavy atom. The quantitative estimate of drug-likeness (QED) is 0.120. The number of hydrogen-bond acceptors (Lipinski definition) is 0. The second-order valence-corrected chi connectivity index (χ2v) is 18.2. The molecule has 0 unspecified atom stereocenters. The Hall–Kier alpha value is -8.58. The molecule has 0 heteroatoms. The molecule has 0 nitrogen and oxygen atoms in total. The summed E-state index contributed by atoms with van der Waals surface area (Å²) in [5, 5.41) is 15.2. The molecule has 0 atom stereocenters. The van der Waals surface area contributed by atoms with Gasteiger partial charge in [-0.3, -0.25) is 0 Å². The van der Waals surface area contributed by atoms with Crippen LogP contribution in [0, 0.1) is 0 Å².